The summed E-state index contributed by atoms with van der Waals surface area (Å²) in [5, 5.41) is 5.19. The minimum atomic E-state index is -0.576. The Morgan fingerprint density at radius 2 is 2.25 bits per heavy atom. The van der Waals surface area contributed by atoms with Crippen LogP contribution < -0.4 is 10.1 Å². The third kappa shape index (κ3) is 2.93. The predicted octanol–water partition coefficient (Wildman–Crippen LogP) is 2.71. The summed E-state index contributed by atoms with van der Waals surface area (Å²) in [5.41, 5.74) is 0.912. The van der Waals surface area contributed by atoms with Crippen molar-refractivity contribution in [2.24, 2.45) is 0 Å². The van der Waals surface area contributed by atoms with E-state index in [2.05, 4.69) is 5.32 Å². The largest absolute Gasteiger partial charge is 0.475 e. The van der Waals surface area contributed by atoms with Gasteiger partial charge in [0.05, 0.1) is 18.8 Å². The minimum Gasteiger partial charge on any atom is -0.475 e. The van der Waals surface area contributed by atoms with Crippen LogP contribution in [0.3, 0.4) is 0 Å². The van der Waals surface area contributed by atoms with E-state index in [-0.39, 0.29) is 5.97 Å². The average Bonchev–Trinajstić information content (AvgIpc) is 3.00. The van der Waals surface area contributed by atoms with E-state index in [9.17, 15) is 4.79 Å². The Labute approximate surface area is 121 Å². The van der Waals surface area contributed by atoms with E-state index >= 15 is 0 Å². The van der Waals surface area contributed by atoms with Gasteiger partial charge in [-0.2, -0.15) is 0 Å². The van der Waals surface area contributed by atoms with Gasteiger partial charge in [-0.15, -0.1) is 11.3 Å². The number of benzene rings is 1. The maximum Gasteiger partial charge on any atom is 0.349 e. The summed E-state index contributed by atoms with van der Waals surface area (Å²) in [5.74, 6) is 0.377. The molecular weight excluding hydrogens is 274 g/mol. The molecule has 1 aromatic heterocycles. The molecule has 1 atom stereocenters. The molecule has 104 valence electrons. The van der Waals surface area contributed by atoms with E-state index in [1.807, 2.05) is 41.8 Å². The average molecular weight is 289 g/mol. The molecule has 2 aromatic rings. The molecule has 0 spiro atoms. The fraction of sp³-hybridized carbons (Fsp3) is 0.267. The zero-order valence-corrected chi connectivity index (χ0v) is 11.7. The normalized spacial score (nSPS) is 16.7. The van der Waals surface area contributed by atoms with Crippen molar-refractivity contribution in [3.05, 3.63) is 46.7 Å². The van der Waals surface area contributed by atoms with Crippen molar-refractivity contribution >= 4 is 23.0 Å². The lowest BCUT2D eigenvalue weighted by Gasteiger charge is -2.25. The minimum absolute atomic E-state index is 0.316. The molecule has 1 unspecified atom stereocenters. The van der Waals surface area contributed by atoms with Crippen molar-refractivity contribution in [2.75, 3.05) is 18.5 Å². The highest BCUT2D eigenvalue weighted by molar-refractivity contribution is 7.09. The topological polar surface area (TPSA) is 47.6 Å². The van der Waals surface area contributed by atoms with Crippen molar-refractivity contribution in [2.45, 2.75) is 12.5 Å². The molecule has 1 N–H and O–H groups in total. The van der Waals surface area contributed by atoms with E-state index in [4.69, 9.17) is 9.47 Å². The first-order valence-electron chi connectivity index (χ1n) is 6.51. The van der Waals surface area contributed by atoms with Gasteiger partial charge in [-0.3, -0.25) is 0 Å². The Kier molecular flexibility index (Phi) is 3.87. The highest BCUT2D eigenvalue weighted by atomic mass is 32.1. The smallest absolute Gasteiger partial charge is 0.349 e. The third-order valence-corrected chi connectivity index (χ3v) is 4.01. The Balaban J connectivity index is 1.51. The Morgan fingerprint density at radius 1 is 1.35 bits per heavy atom. The number of esters is 1. The van der Waals surface area contributed by atoms with Crippen LogP contribution in [-0.2, 0) is 16.0 Å². The highest BCUT2D eigenvalue weighted by Gasteiger charge is 2.26. The number of thiophene rings is 1. The number of hydrogen-bond acceptors (Lipinski definition) is 5. The second kappa shape index (κ2) is 5.96. The number of ether oxygens (including phenoxy) is 2. The fourth-order valence-electron chi connectivity index (χ4n) is 2.04. The first-order valence-corrected chi connectivity index (χ1v) is 7.39. The summed E-state index contributed by atoms with van der Waals surface area (Å²) < 4.78 is 10.9. The van der Waals surface area contributed by atoms with E-state index in [1.165, 1.54) is 4.88 Å². The number of para-hydroxylation sites is 2. The van der Waals surface area contributed by atoms with Crippen molar-refractivity contribution < 1.29 is 14.3 Å². The number of carbonyl (C=O) groups excluding carboxylic acids is 1. The Bertz CT molecular complexity index is 583. The number of fused-ring (bicyclic) bond motifs is 1. The SMILES string of the molecule is O=C(OCCc1cccs1)C1CNc2ccccc2O1. The molecule has 1 aromatic carbocycles. The molecule has 0 fully saturated rings. The first-order chi connectivity index (χ1) is 9.83. The maximum atomic E-state index is 12.0. The van der Waals surface area contributed by atoms with Gasteiger partial charge in [0.25, 0.3) is 0 Å². The molecule has 0 saturated carbocycles. The molecule has 0 radical (unpaired) electrons. The number of carbonyl (C=O) groups is 1. The molecule has 1 aliphatic heterocycles. The number of anilines is 1. The Hall–Kier alpha value is -2.01. The monoisotopic (exact) mass is 289 g/mol. The number of rotatable bonds is 4. The second-order valence-corrected chi connectivity index (χ2v) is 5.51. The van der Waals surface area contributed by atoms with Gasteiger partial charge >= 0.3 is 5.97 Å². The van der Waals surface area contributed by atoms with Crippen molar-refractivity contribution in [3.8, 4) is 5.75 Å². The molecule has 0 amide bonds. The summed E-state index contributed by atoms with van der Waals surface area (Å²) in [7, 11) is 0. The van der Waals surface area contributed by atoms with Crippen molar-refractivity contribution in [3.63, 3.8) is 0 Å². The van der Waals surface area contributed by atoms with Gasteiger partial charge in [-0.25, -0.2) is 4.79 Å². The lowest BCUT2D eigenvalue weighted by molar-refractivity contribution is -0.151. The second-order valence-electron chi connectivity index (χ2n) is 4.48. The van der Waals surface area contributed by atoms with Crippen molar-refractivity contribution in [1.29, 1.82) is 0 Å². The van der Waals surface area contributed by atoms with Crippen LogP contribution >= 0.6 is 11.3 Å². The molecule has 0 saturated heterocycles. The van der Waals surface area contributed by atoms with Gasteiger partial charge in [0, 0.05) is 11.3 Å². The fourth-order valence-corrected chi connectivity index (χ4v) is 2.73. The van der Waals surface area contributed by atoms with E-state index in [0.717, 1.165) is 12.1 Å². The molecular formula is C15H15NO3S. The summed E-state index contributed by atoms with van der Waals surface area (Å²) in [6.45, 7) is 0.829. The zero-order valence-electron chi connectivity index (χ0n) is 10.9. The third-order valence-electron chi connectivity index (χ3n) is 3.07. The highest BCUT2D eigenvalue weighted by Crippen LogP contribution is 2.28. The standard InChI is InChI=1S/C15H15NO3S/c17-15(18-8-7-11-4-3-9-20-11)14-10-16-12-5-1-2-6-13(12)19-14/h1-6,9,14,16H,7-8,10H2. The lowest BCUT2D eigenvalue weighted by atomic mass is 10.2. The van der Waals surface area contributed by atoms with Crippen molar-refractivity contribution in [1.82, 2.24) is 0 Å². The van der Waals surface area contributed by atoms with Crippen LogP contribution in [0.5, 0.6) is 5.75 Å². The quantitative estimate of drug-likeness (QED) is 0.879. The van der Waals surface area contributed by atoms with E-state index in [0.29, 0.717) is 18.9 Å². The summed E-state index contributed by atoms with van der Waals surface area (Å²) in [4.78, 5) is 13.2. The van der Waals surface area contributed by atoms with Gasteiger partial charge in [-0.05, 0) is 23.6 Å². The summed E-state index contributed by atoms with van der Waals surface area (Å²) in [6, 6.07) is 11.6. The van der Waals surface area contributed by atoms with Crippen LogP contribution in [-0.4, -0.2) is 25.2 Å². The summed E-state index contributed by atoms with van der Waals surface area (Å²) in [6.07, 6.45) is 0.174. The van der Waals surface area contributed by atoms with Crippen LogP contribution in [0.25, 0.3) is 0 Å². The molecule has 0 aliphatic carbocycles. The maximum absolute atomic E-state index is 12.0. The van der Waals surface area contributed by atoms with Gasteiger partial charge in [0.2, 0.25) is 6.10 Å². The number of nitrogens with one attached hydrogen (secondary N) is 1. The molecule has 5 heteroatoms. The van der Waals surface area contributed by atoms with Gasteiger partial charge in [-0.1, -0.05) is 18.2 Å². The predicted molar refractivity (Wildman–Crippen MR) is 78.3 cm³/mol. The van der Waals surface area contributed by atoms with Gasteiger partial charge in [0.15, 0.2) is 0 Å². The van der Waals surface area contributed by atoms with Crippen LogP contribution in [0.1, 0.15) is 4.88 Å². The first kappa shape index (κ1) is 13.0. The van der Waals surface area contributed by atoms with Gasteiger partial charge in [0.1, 0.15) is 5.75 Å². The van der Waals surface area contributed by atoms with Crippen LogP contribution in [0.15, 0.2) is 41.8 Å². The van der Waals surface area contributed by atoms with Gasteiger partial charge < -0.3 is 14.8 Å². The molecule has 20 heavy (non-hydrogen) atoms. The molecule has 2 heterocycles. The number of hydrogen-bond donors (Lipinski definition) is 1. The molecule has 3 rings (SSSR count). The Morgan fingerprint density at radius 3 is 3.10 bits per heavy atom. The lowest BCUT2D eigenvalue weighted by Crippen LogP contribution is -2.39. The van der Waals surface area contributed by atoms with Crippen LogP contribution in [0.2, 0.25) is 0 Å². The van der Waals surface area contributed by atoms with E-state index < -0.39 is 6.10 Å². The molecule has 0 bridgehead atoms. The van der Waals surface area contributed by atoms with Crippen LogP contribution in [0.4, 0.5) is 5.69 Å². The van der Waals surface area contributed by atoms with E-state index in [1.54, 1.807) is 11.3 Å². The van der Waals surface area contributed by atoms with Crippen LogP contribution in [0, 0.1) is 0 Å². The zero-order chi connectivity index (χ0) is 13.8. The molecule has 4 nitrogen and oxygen atoms in total. The summed E-state index contributed by atoms with van der Waals surface area (Å²) >= 11 is 1.67. The molecule has 1 aliphatic rings.